The number of hydrogen-bond acceptors (Lipinski definition) is 3. The summed E-state index contributed by atoms with van der Waals surface area (Å²) in [7, 11) is 2.09. The van der Waals surface area contributed by atoms with Gasteiger partial charge in [-0.2, -0.15) is 0 Å². The van der Waals surface area contributed by atoms with Gasteiger partial charge in [0, 0.05) is 25.3 Å². The van der Waals surface area contributed by atoms with Crippen molar-refractivity contribution in [2.75, 3.05) is 33.4 Å². The topological polar surface area (TPSA) is 24.5 Å². The lowest BCUT2D eigenvalue weighted by Gasteiger charge is -2.33. The van der Waals surface area contributed by atoms with E-state index in [1.54, 1.807) is 0 Å². The predicted octanol–water partition coefficient (Wildman–Crippen LogP) is 1.24. The Morgan fingerprint density at radius 2 is 1.87 bits per heavy atom. The fourth-order valence-corrected chi connectivity index (χ4v) is 2.82. The molecule has 3 nitrogen and oxygen atoms in total. The lowest BCUT2D eigenvalue weighted by atomic mass is 10.1. The molecule has 1 unspecified atom stereocenters. The van der Waals surface area contributed by atoms with Crippen molar-refractivity contribution in [3.63, 3.8) is 0 Å². The first-order valence-corrected chi connectivity index (χ1v) is 6.39. The number of nitrogens with one attached hydrogen (secondary N) is 1. The van der Waals surface area contributed by atoms with Crippen LogP contribution in [0.3, 0.4) is 0 Å². The Kier molecular flexibility index (Phi) is 4.42. The third-order valence-electron chi connectivity index (χ3n) is 3.88. The average Bonchev–Trinajstić information content (AvgIpc) is 2.55. The van der Waals surface area contributed by atoms with Crippen LogP contribution in [0.1, 0.15) is 32.1 Å². The van der Waals surface area contributed by atoms with Crippen LogP contribution in [-0.4, -0.2) is 50.3 Å². The molecule has 2 heterocycles. The van der Waals surface area contributed by atoms with Crippen molar-refractivity contribution < 1.29 is 4.74 Å². The zero-order chi connectivity index (χ0) is 10.5. The van der Waals surface area contributed by atoms with Crippen LogP contribution in [-0.2, 0) is 4.74 Å². The number of likely N-dealkylation sites (tertiary alicyclic amines) is 1. The minimum absolute atomic E-state index is 0.745. The van der Waals surface area contributed by atoms with Gasteiger partial charge in [0.1, 0.15) is 0 Å². The second kappa shape index (κ2) is 5.83. The third-order valence-corrected chi connectivity index (χ3v) is 3.88. The number of rotatable bonds is 2. The molecule has 88 valence electrons. The van der Waals surface area contributed by atoms with Crippen molar-refractivity contribution in [2.45, 2.75) is 44.2 Å². The number of hydrogen-bond donors (Lipinski definition) is 1. The molecule has 0 aromatic heterocycles. The maximum atomic E-state index is 5.43. The van der Waals surface area contributed by atoms with E-state index in [1.165, 1.54) is 45.2 Å². The summed E-state index contributed by atoms with van der Waals surface area (Å²) in [5.74, 6) is 0. The smallest absolute Gasteiger partial charge is 0.0480 e. The first kappa shape index (κ1) is 11.4. The van der Waals surface area contributed by atoms with Gasteiger partial charge in [0.05, 0.1) is 0 Å². The van der Waals surface area contributed by atoms with E-state index in [4.69, 9.17) is 4.74 Å². The van der Waals surface area contributed by atoms with Crippen LogP contribution in [0.5, 0.6) is 0 Å². The van der Waals surface area contributed by atoms with Gasteiger partial charge >= 0.3 is 0 Å². The normalized spacial score (nSPS) is 31.4. The molecule has 0 saturated carbocycles. The van der Waals surface area contributed by atoms with Crippen LogP contribution in [0.2, 0.25) is 0 Å². The van der Waals surface area contributed by atoms with Crippen molar-refractivity contribution in [2.24, 2.45) is 0 Å². The van der Waals surface area contributed by atoms with Crippen molar-refractivity contribution in [1.29, 1.82) is 0 Å². The molecule has 15 heavy (non-hydrogen) atoms. The van der Waals surface area contributed by atoms with E-state index in [0.717, 1.165) is 25.3 Å². The van der Waals surface area contributed by atoms with Crippen LogP contribution < -0.4 is 5.32 Å². The van der Waals surface area contributed by atoms with Crippen molar-refractivity contribution in [3.8, 4) is 0 Å². The summed E-state index contributed by atoms with van der Waals surface area (Å²) in [5.41, 5.74) is 0. The fraction of sp³-hybridized carbons (Fsp3) is 1.00. The zero-order valence-electron chi connectivity index (χ0n) is 9.87. The molecule has 1 N–H and O–H groups in total. The lowest BCUT2D eigenvalue weighted by Crippen LogP contribution is -2.40. The molecule has 0 bridgehead atoms. The van der Waals surface area contributed by atoms with E-state index in [1.807, 2.05) is 0 Å². The third kappa shape index (κ3) is 3.16. The maximum absolute atomic E-state index is 5.43. The van der Waals surface area contributed by atoms with Gasteiger partial charge < -0.3 is 15.0 Å². The van der Waals surface area contributed by atoms with E-state index in [-0.39, 0.29) is 0 Å². The molecule has 0 radical (unpaired) electrons. The van der Waals surface area contributed by atoms with E-state index >= 15 is 0 Å². The van der Waals surface area contributed by atoms with E-state index < -0.39 is 0 Å². The molecular formula is C12H24N2O. The van der Waals surface area contributed by atoms with Crippen LogP contribution in [0.15, 0.2) is 0 Å². The Morgan fingerprint density at radius 1 is 1.07 bits per heavy atom. The van der Waals surface area contributed by atoms with Gasteiger partial charge in [-0.05, 0) is 52.2 Å². The minimum atomic E-state index is 0.745. The molecule has 2 aliphatic rings. The van der Waals surface area contributed by atoms with Gasteiger partial charge in [0.15, 0.2) is 0 Å². The van der Waals surface area contributed by atoms with Gasteiger partial charge in [-0.1, -0.05) is 0 Å². The van der Waals surface area contributed by atoms with Crippen LogP contribution in [0, 0.1) is 0 Å². The Labute approximate surface area is 93.2 Å². The molecule has 2 aliphatic heterocycles. The summed E-state index contributed by atoms with van der Waals surface area (Å²) in [4.78, 5) is 2.69. The Hall–Kier alpha value is -0.120. The molecule has 0 aromatic rings. The molecule has 2 saturated heterocycles. The zero-order valence-corrected chi connectivity index (χ0v) is 9.87. The summed E-state index contributed by atoms with van der Waals surface area (Å²) in [5, 5.41) is 3.42. The molecule has 0 amide bonds. The molecule has 0 spiro atoms. The first-order valence-electron chi connectivity index (χ1n) is 6.39. The SMILES string of the molecule is CNC1CCCN(C2CCOCC2)CC1. The molecule has 1 atom stereocenters. The highest BCUT2D eigenvalue weighted by atomic mass is 16.5. The predicted molar refractivity (Wildman–Crippen MR) is 62.1 cm³/mol. The Balaban J connectivity index is 1.81. The maximum Gasteiger partial charge on any atom is 0.0480 e. The van der Waals surface area contributed by atoms with Crippen LogP contribution in [0.25, 0.3) is 0 Å². The van der Waals surface area contributed by atoms with Gasteiger partial charge in [-0.15, -0.1) is 0 Å². The summed E-state index contributed by atoms with van der Waals surface area (Å²) in [6.45, 7) is 4.51. The summed E-state index contributed by atoms with van der Waals surface area (Å²) in [6, 6.07) is 1.55. The molecule has 0 aliphatic carbocycles. The number of ether oxygens (including phenoxy) is 1. The Bertz CT molecular complexity index is 180. The van der Waals surface area contributed by atoms with Crippen molar-refractivity contribution >= 4 is 0 Å². The number of nitrogens with zero attached hydrogens (tertiary/aromatic N) is 1. The summed E-state index contributed by atoms with van der Waals surface area (Å²) >= 11 is 0. The summed E-state index contributed by atoms with van der Waals surface area (Å²) < 4.78 is 5.43. The second-order valence-corrected chi connectivity index (χ2v) is 4.80. The van der Waals surface area contributed by atoms with Gasteiger partial charge in [0.2, 0.25) is 0 Å². The molecular weight excluding hydrogens is 188 g/mol. The summed E-state index contributed by atoms with van der Waals surface area (Å²) in [6.07, 6.45) is 6.49. The average molecular weight is 212 g/mol. The van der Waals surface area contributed by atoms with Gasteiger partial charge in [0.25, 0.3) is 0 Å². The standard InChI is InChI=1S/C12H24N2O/c1-13-11-3-2-7-14(8-4-11)12-5-9-15-10-6-12/h11-13H,2-10H2,1H3. The van der Waals surface area contributed by atoms with Gasteiger partial charge in [-0.3, -0.25) is 0 Å². The van der Waals surface area contributed by atoms with Crippen LogP contribution in [0.4, 0.5) is 0 Å². The second-order valence-electron chi connectivity index (χ2n) is 4.80. The van der Waals surface area contributed by atoms with Gasteiger partial charge in [-0.25, -0.2) is 0 Å². The lowest BCUT2D eigenvalue weighted by molar-refractivity contribution is 0.0351. The molecule has 3 heteroatoms. The van der Waals surface area contributed by atoms with E-state index in [9.17, 15) is 0 Å². The Morgan fingerprint density at radius 3 is 2.60 bits per heavy atom. The molecule has 0 aromatic carbocycles. The van der Waals surface area contributed by atoms with Crippen molar-refractivity contribution in [3.05, 3.63) is 0 Å². The molecule has 2 rings (SSSR count). The van der Waals surface area contributed by atoms with E-state index in [0.29, 0.717) is 0 Å². The quantitative estimate of drug-likeness (QED) is 0.745. The molecule has 2 fully saturated rings. The first-order chi connectivity index (χ1) is 7.40. The highest BCUT2D eigenvalue weighted by Gasteiger charge is 2.23. The largest absolute Gasteiger partial charge is 0.381 e. The van der Waals surface area contributed by atoms with E-state index in [2.05, 4.69) is 17.3 Å². The van der Waals surface area contributed by atoms with Crippen LogP contribution >= 0.6 is 0 Å². The highest BCUT2D eigenvalue weighted by Crippen LogP contribution is 2.19. The minimum Gasteiger partial charge on any atom is -0.381 e. The monoisotopic (exact) mass is 212 g/mol. The fourth-order valence-electron chi connectivity index (χ4n) is 2.82. The highest BCUT2D eigenvalue weighted by molar-refractivity contribution is 4.80. The van der Waals surface area contributed by atoms with Crippen molar-refractivity contribution in [1.82, 2.24) is 10.2 Å².